The number of hydrogen-bond donors (Lipinski definition) is 1. The highest BCUT2D eigenvalue weighted by Gasteiger charge is 2.49. The molecule has 3 heteroatoms. The molecule has 1 aliphatic rings. The molecule has 1 fully saturated rings. The minimum Gasteiger partial charge on any atom is -0.383 e. The van der Waals surface area contributed by atoms with Crippen molar-refractivity contribution in [3.8, 4) is 0 Å². The summed E-state index contributed by atoms with van der Waals surface area (Å²) in [6, 6.07) is 0.525. The predicted molar refractivity (Wildman–Crippen MR) is 73.1 cm³/mol. The van der Waals surface area contributed by atoms with Crippen molar-refractivity contribution < 1.29 is 4.74 Å². The Morgan fingerprint density at radius 3 is 2.18 bits per heavy atom. The lowest BCUT2D eigenvalue weighted by atomic mass is 9.89. The minimum atomic E-state index is 0.0627. The van der Waals surface area contributed by atoms with E-state index in [1.165, 1.54) is 12.8 Å². The third kappa shape index (κ3) is 3.43. The van der Waals surface area contributed by atoms with Gasteiger partial charge in [0.2, 0.25) is 0 Å². The lowest BCUT2D eigenvalue weighted by Crippen LogP contribution is -2.61. The number of hydrogen-bond acceptors (Lipinski definition) is 3. The molecular weight excluding hydrogens is 212 g/mol. The van der Waals surface area contributed by atoms with Gasteiger partial charge in [0.1, 0.15) is 0 Å². The van der Waals surface area contributed by atoms with E-state index in [2.05, 4.69) is 32.6 Å². The summed E-state index contributed by atoms with van der Waals surface area (Å²) in [5.74, 6) is 1.40. The highest BCUT2D eigenvalue weighted by molar-refractivity contribution is 5.04. The van der Waals surface area contributed by atoms with Crippen LogP contribution >= 0.6 is 0 Å². The summed E-state index contributed by atoms with van der Waals surface area (Å²) in [4.78, 5) is 2.58. The van der Waals surface area contributed by atoms with Gasteiger partial charge in [-0.3, -0.25) is 4.90 Å². The van der Waals surface area contributed by atoms with E-state index >= 15 is 0 Å². The zero-order valence-corrected chi connectivity index (χ0v) is 12.2. The van der Waals surface area contributed by atoms with Gasteiger partial charge in [0, 0.05) is 26.2 Å². The standard InChI is InChI=1S/C14H30N2O/c1-11(2)8-16(12(3)4)14(9-15,10-17-5)13-6-7-13/h11-13H,6-10,15H2,1-5H3. The Hall–Kier alpha value is -0.120. The zero-order valence-electron chi connectivity index (χ0n) is 12.2. The van der Waals surface area contributed by atoms with E-state index in [9.17, 15) is 0 Å². The largest absolute Gasteiger partial charge is 0.383 e. The van der Waals surface area contributed by atoms with Gasteiger partial charge >= 0.3 is 0 Å². The molecule has 2 N–H and O–H groups in total. The number of rotatable bonds is 8. The van der Waals surface area contributed by atoms with E-state index in [0.29, 0.717) is 18.5 Å². The fourth-order valence-electron chi connectivity index (χ4n) is 2.95. The average molecular weight is 242 g/mol. The Morgan fingerprint density at radius 1 is 1.29 bits per heavy atom. The minimum absolute atomic E-state index is 0.0627. The number of methoxy groups -OCH3 is 1. The molecule has 0 spiro atoms. The van der Waals surface area contributed by atoms with Crippen LogP contribution in [-0.2, 0) is 4.74 Å². The van der Waals surface area contributed by atoms with Crippen LogP contribution < -0.4 is 5.73 Å². The summed E-state index contributed by atoms with van der Waals surface area (Å²) < 4.78 is 5.49. The lowest BCUT2D eigenvalue weighted by molar-refractivity contribution is -0.0254. The van der Waals surface area contributed by atoms with Crippen LogP contribution in [0.2, 0.25) is 0 Å². The Kier molecular flexibility index (Phi) is 5.42. The van der Waals surface area contributed by atoms with Gasteiger partial charge < -0.3 is 10.5 Å². The first kappa shape index (κ1) is 14.9. The van der Waals surface area contributed by atoms with Crippen LogP contribution in [0.5, 0.6) is 0 Å². The third-order valence-electron chi connectivity index (χ3n) is 3.84. The highest BCUT2D eigenvalue weighted by Crippen LogP contribution is 2.44. The van der Waals surface area contributed by atoms with Gasteiger partial charge in [0.05, 0.1) is 12.1 Å². The molecule has 0 saturated heterocycles. The second-order valence-corrected chi connectivity index (χ2v) is 6.15. The van der Waals surface area contributed by atoms with Crippen molar-refractivity contribution in [1.82, 2.24) is 4.90 Å². The van der Waals surface area contributed by atoms with E-state index < -0.39 is 0 Å². The molecule has 0 aromatic rings. The predicted octanol–water partition coefficient (Wildman–Crippen LogP) is 2.11. The molecule has 0 radical (unpaired) electrons. The maximum atomic E-state index is 6.13. The second kappa shape index (κ2) is 6.17. The molecule has 0 bridgehead atoms. The van der Waals surface area contributed by atoms with Crippen LogP contribution in [0, 0.1) is 11.8 Å². The summed E-state index contributed by atoms with van der Waals surface area (Å²) in [5.41, 5.74) is 6.19. The number of nitrogens with zero attached hydrogens (tertiary/aromatic N) is 1. The van der Waals surface area contributed by atoms with Crippen LogP contribution in [-0.4, -0.2) is 43.3 Å². The Balaban J connectivity index is 2.89. The Bertz CT molecular complexity index is 226. The summed E-state index contributed by atoms with van der Waals surface area (Å²) >= 11 is 0. The first-order chi connectivity index (χ1) is 7.97. The van der Waals surface area contributed by atoms with Crippen LogP contribution in [0.25, 0.3) is 0 Å². The highest BCUT2D eigenvalue weighted by atomic mass is 16.5. The average Bonchev–Trinajstić information content (AvgIpc) is 3.06. The van der Waals surface area contributed by atoms with Crippen LogP contribution in [0.4, 0.5) is 0 Å². The SMILES string of the molecule is COCC(CN)(C1CC1)N(CC(C)C)C(C)C. The smallest absolute Gasteiger partial charge is 0.0661 e. The fourth-order valence-corrected chi connectivity index (χ4v) is 2.95. The van der Waals surface area contributed by atoms with E-state index in [1.54, 1.807) is 7.11 Å². The molecule has 17 heavy (non-hydrogen) atoms. The molecule has 0 aliphatic heterocycles. The van der Waals surface area contributed by atoms with E-state index in [-0.39, 0.29) is 5.54 Å². The molecule has 1 unspecified atom stereocenters. The van der Waals surface area contributed by atoms with Crippen molar-refractivity contribution in [3.63, 3.8) is 0 Å². The fraction of sp³-hybridized carbons (Fsp3) is 1.00. The lowest BCUT2D eigenvalue weighted by Gasteiger charge is -2.47. The van der Waals surface area contributed by atoms with E-state index in [4.69, 9.17) is 10.5 Å². The summed E-state index contributed by atoms with van der Waals surface area (Å²) in [6.07, 6.45) is 2.61. The van der Waals surface area contributed by atoms with E-state index in [0.717, 1.165) is 19.1 Å². The second-order valence-electron chi connectivity index (χ2n) is 6.15. The summed E-state index contributed by atoms with van der Waals surface area (Å²) in [6.45, 7) is 11.7. The van der Waals surface area contributed by atoms with E-state index in [1.807, 2.05) is 0 Å². The first-order valence-electron chi connectivity index (χ1n) is 6.93. The Morgan fingerprint density at radius 2 is 1.88 bits per heavy atom. The summed E-state index contributed by atoms with van der Waals surface area (Å²) in [7, 11) is 1.79. The molecule has 0 aromatic carbocycles. The van der Waals surface area contributed by atoms with Crippen molar-refractivity contribution in [2.75, 3.05) is 26.8 Å². The van der Waals surface area contributed by atoms with Gasteiger partial charge in [-0.1, -0.05) is 13.8 Å². The van der Waals surface area contributed by atoms with Gasteiger partial charge in [0.25, 0.3) is 0 Å². The normalized spacial score (nSPS) is 20.3. The molecule has 102 valence electrons. The van der Waals surface area contributed by atoms with Crippen molar-refractivity contribution in [3.05, 3.63) is 0 Å². The van der Waals surface area contributed by atoms with Gasteiger partial charge in [0.15, 0.2) is 0 Å². The molecule has 0 aromatic heterocycles. The van der Waals surface area contributed by atoms with Gasteiger partial charge in [-0.15, -0.1) is 0 Å². The zero-order chi connectivity index (χ0) is 13.1. The molecular formula is C14H30N2O. The van der Waals surface area contributed by atoms with Crippen LogP contribution in [0.1, 0.15) is 40.5 Å². The third-order valence-corrected chi connectivity index (χ3v) is 3.84. The first-order valence-corrected chi connectivity index (χ1v) is 6.93. The van der Waals surface area contributed by atoms with Gasteiger partial charge in [-0.25, -0.2) is 0 Å². The monoisotopic (exact) mass is 242 g/mol. The molecule has 3 nitrogen and oxygen atoms in total. The van der Waals surface area contributed by atoms with Crippen molar-refractivity contribution in [2.45, 2.75) is 52.1 Å². The molecule has 0 amide bonds. The molecule has 1 aliphatic carbocycles. The Labute approximate surface area is 107 Å². The molecule has 1 saturated carbocycles. The quantitative estimate of drug-likeness (QED) is 0.708. The summed E-state index contributed by atoms with van der Waals surface area (Å²) in [5, 5.41) is 0. The number of ether oxygens (including phenoxy) is 1. The van der Waals surface area contributed by atoms with Crippen molar-refractivity contribution >= 4 is 0 Å². The maximum absolute atomic E-state index is 6.13. The van der Waals surface area contributed by atoms with Gasteiger partial charge in [-0.2, -0.15) is 0 Å². The van der Waals surface area contributed by atoms with Gasteiger partial charge in [-0.05, 0) is 38.5 Å². The molecule has 0 heterocycles. The van der Waals surface area contributed by atoms with Crippen LogP contribution in [0.3, 0.4) is 0 Å². The number of nitrogens with two attached hydrogens (primary N) is 1. The molecule has 1 atom stereocenters. The maximum Gasteiger partial charge on any atom is 0.0661 e. The topological polar surface area (TPSA) is 38.5 Å². The van der Waals surface area contributed by atoms with Crippen molar-refractivity contribution in [1.29, 1.82) is 0 Å². The van der Waals surface area contributed by atoms with Crippen molar-refractivity contribution in [2.24, 2.45) is 17.6 Å². The molecule has 1 rings (SSSR count). The van der Waals surface area contributed by atoms with Crippen LogP contribution in [0.15, 0.2) is 0 Å².